The van der Waals surface area contributed by atoms with E-state index in [-0.39, 0.29) is 0 Å². The summed E-state index contributed by atoms with van der Waals surface area (Å²) in [5.41, 5.74) is 7.97. The van der Waals surface area contributed by atoms with Crippen molar-refractivity contribution in [3.05, 3.63) is 137 Å². The predicted octanol–water partition coefficient (Wildman–Crippen LogP) is 7.11. The van der Waals surface area contributed by atoms with Gasteiger partial charge in [-0.15, -0.1) is 0 Å². The molecule has 0 saturated carbocycles. The van der Waals surface area contributed by atoms with Crippen molar-refractivity contribution in [3.63, 3.8) is 0 Å². The summed E-state index contributed by atoms with van der Waals surface area (Å²) in [4.78, 5) is 8.65. The fourth-order valence-corrected chi connectivity index (χ4v) is 5.60. The smallest absolute Gasteiger partial charge is 0.0886 e. The first-order valence-corrected chi connectivity index (χ1v) is 12.7. The molecule has 6 rings (SSSR count). The van der Waals surface area contributed by atoms with E-state index in [1.165, 1.54) is 44.8 Å². The van der Waals surface area contributed by atoms with E-state index < -0.39 is 5.41 Å². The summed E-state index contributed by atoms with van der Waals surface area (Å²) >= 11 is 0. The van der Waals surface area contributed by atoms with Gasteiger partial charge in [-0.05, 0) is 41.3 Å². The summed E-state index contributed by atoms with van der Waals surface area (Å²) in [5.74, 6) is 0. The Balaban J connectivity index is 0.000000848. The highest BCUT2D eigenvalue weighted by Crippen LogP contribution is 2.56. The van der Waals surface area contributed by atoms with Gasteiger partial charge in [0, 0.05) is 27.7 Å². The SMILES string of the molecule is C=C/C=c1\c(=C/C)[nH]c2c3c(ccc12)C(c1ccccc1)(c1ccccn1)c1ccccc1-3.CCC. The number of nitrogens with zero attached hydrogens (tertiary/aromatic N) is 1. The van der Waals surface area contributed by atoms with Crippen LogP contribution in [0.1, 0.15) is 49.6 Å². The number of aromatic amines is 1. The van der Waals surface area contributed by atoms with Crippen molar-refractivity contribution in [1.29, 1.82) is 0 Å². The van der Waals surface area contributed by atoms with Crippen molar-refractivity contribution in [3.8, 4) is 11.1 Å². The fraction of sp³-hybridized carbons (Fsp3) is 0.147. The number of benzene rings is 3. The molecule has 0 fully saturated rings. The molecule has 2 aromatic heterocycles. The molecule has 2 nitrogen and oxygen atoms in total. The van der Waals surface area contributed by atoms with Gasteiger partial charge < -0.3 is 4.98 Å². The molecule has 0 saturated heterocycles. The normalized spacial score (nSPS) is 16.9. The van der Waals surface area contributed by atoms with E-state index in [9.17, 15) is 0 Å². The zero-order valence-corrected chi connectivity index (χ0v) is 21.3. The summed E-state index contributed by atoms with van der Waals surface area (Å²) in [6.45, 7) is 10.3. The molecule has 2 heterocycles. The van der Waals surface area contributed by atoms with Gasteiger partial charge in [-0.3, -0.25) is 4.98 Å². The fourth-order valence-electron chi connectivity index (χ4n) is 5.60. The first-order chi connectivity index (χ1) is 17.7. The molecule has 0 bridgehead atoms. The Bertz CT molecular complexity index is 1600. The van der Waals surface area contributed by atoms with E-state index in [2.05, 4.69) is 123 Å². The van der Waals surface area contributed by atoms with E-state index in [0.717, 1.165) is 16.6 Å². The number of aromatic nitrogens is 2. The molecule has 0 amide bonds. The lowest BCUT2D eigenvalue weighted by Gasteiger charge is -2.32. The van der Waals surface area contributed by atoms with Gasteiger partial charge in [-0.25, -0.2) is 0 Å². The molecule has 1 aliphatic rings. The average Bonchev–Trinajstić information content (AvgIpc) is 3.44. The summed E-state index contributed by atoms with van der Waals surface area (Å²) in [6, 6.07) is 30.3. The van der Waals surface area contributed by atoms with Crippen LogP contribution in [-0.2, 0) is 5.41 Å². The number of H-pyrrole nitrogens is 1. The third-order valence-corrected chi connectivity index (χ3v) is 6.88. The summed E-state index contributed by atoms with van der Waals surface area (Å²) < 4.78 is 0. The first-order valence-electron chi connectivity index (χ1n) is 12.7. The Kier molecular flexibility index (Phi) is 6.43. The Hall–Kier alpha value is -4.17. The molecule has 5 aromatic rings. The average molecular weight is 469 g/mol. The number of allylic oxidation sites excluding steroid dienone is 1. The number of hydrogen-bond donors (Lipinski definition) is 1. The molecule has 3 aromatic carbocycles. The summed E-state index contributed by atoms with van der Waals surface area (Å²) in [7, 11) is 0. The van der Waals surface area contributed by atoms with Crippen molar-refractivity contribution in [2.45, 2.75) is 32.6 Å². The molecule has 0 aliphatic heterocycles. The number of nitrogens with one attached hydrogen (secondary N) is 1. The monoisotopic (exact) mass is 468 g/mol. The van der Waals surface area contributed by atoms with E-state index in [1.807, 2.05) is 18.3 Å². The third-order valence-electron chi connectivity index (χ3n) is 6.88. The minimum atomic E-state index is -0.480. The highest BCUT2D eigenvalue weighted by molar-refractivity contribution is 6.02. The van der Waals surface area contributed by atoms with Gasteiger partial charge in [0.05, 0.1) is 16.6 Å². The molecule has 36 heavy (non-hydrogen) atoms. The van der Waals surface area contributed by atoms with Gasteiger partial charge in [0.25, 0.3) is 0 Å². The van der Waals surface area contributed by atoms with E-state index in [4.69, 9.17) is 4.98 Å². The maximum Gasteiger partial charge on any atom is 0.0886 e. The third kappa shape index (κ3) is 3.45. The molecule has 1 atom stereocenters. The molecule has 1 unspecified atom stereocenters. The second kappa shape index (κ2) is 9.83. The van der Waals surface area contributed by atoms with Crippen LogP contribution in [0.25, 0.3) is 34.2 Å². The van der Waals surface area contributed by atoms with Gasteiger partial charge in [0.15, 0.2) is 0 Å². The van der Waals surface area contributed by atoms with Crippen molar-refractivity contribution in [1.82, 2.24) is 9.97 Å². The lowest BCUT2D eigenvalue weighted by Crippen LogP contribution is -2.29. The van der Waals surface area contributed by atoms with Crippen LogP contribution in [0.15, 0.2) is 104 Å². The van der Waals surface area contributed by atoms with Crippen LogP contribution >= 0.6 is 0 Å². The van der Waals surface area contributed by atoms with Gasteiger partial charge >= 0.3 is 0 Å². The van der Waals surface area contributed by atoms with Crippen molar-refractivity contribution >= 4 is 23.1 Å². The zero-order chi connectivity index (χ0) is 25.1. The minimum absolute atomic E-state index is 0.480. The largest absolute Gasteiger partial charge is 0.354 e. The minimum Gasteiger partial charge on any atom is -0.354 e. The number of fused-ring (bicyclic) bond motifs is 5. The highest BCUT2D eigenvalue weighted by Gasteiger charge is 2.47. The highest BCUT2D eigenvalue weighted by atomic mass is 14.7. The van der Waals surface area contributed by atoms with Crippen molar-refractivity contribution in [2.24, 2.45) is 0 Å². The zero-order valence-electron chi connectivity index (χ0n) is 21.3. The molecule has 178 valence electrons. The number of pyridine rings is 1. The first kappa shape index (κ1) is 23.6. The van der Waals surface area contributed by atoms with E-state index in [1.54, 1.807) is 0 Å². The van der Waals surface area contributed by atoms with E-state index in [0.29, 0.717) is 0 Å². The van der Waals surface area contributed by atoms with Gasteiger partial charge in [0.2, 0.25) is 0 Å². The van der Waals surface area contributed by atoms with Crippen LogP contribution in [-0.4, -0.2) is 9.97 Å². The predicted molar refractivity (Wildman–Crippen MR) is 153 cm³/mol. The van der Waals surface area contributed by atoms with E-state index >= 15 is 0 Å². The number of rotatable bonds is 3. The van der Waals surface area contributed by atoms with Gasteiger partial charge in [0.1, 0.15) is 0 Å². The second-order valence-electron chi connectivity index (χ2n) is 9.14. The van der Waals surface area contributed by atoms with Crippen LogP contribution < -0.4 is 10.6 Å². The standard InChI is InChI=1S/C31H24N2.C3H8/c1-3-12-22-23-18-19-26-29(30(23)33-27(22)4-2)24-15-8-9-16-25(24)31(26,21-13-6-5-7-14-21)28-17-10-11-20-32-28;1-3-2/h3-20,33H,1H2,2H3;3H2,1-2H3/b22-12-,27-4+;. The summed E-state index contributed by atoms with van der Waals surface area (Å²) in [5, 5.41) is 3.50. The second-order valence-corrected chi connectivity index (χ2v) is 9.14. The van der Waals surface area contributed by atoms with Crippen LogP contribution in [0, 0.1) is 0 Å². The molecule has 2 heteroatoms. The van der Waals surface area contributed by atoms with Crippen LogP contribution in [0.4, 0.5) is 0 Å². The lowest BCUT2D eigenvalue weighted by atomic mass is 9.70. The maximum atomic E-state index is 4.92. The van der Waals surface area contributed by atoms with Crippen LogP contribution in [0.5, 0.6) is 0 Å². The Labute approximate surface area is 213 Å². The number of hydrogen-bond acceptors (Lipinski definition) is 1. The lowest BCUT2D eigenvalue weighted by molar-refractivity contribution is 0.735. The Morgan fingerprint density at radius 2 is 1.58 bits per heavy atom. The molecule has 0 spiro atoms. The molecule has 1 aliphatic carbocycles. The summed E-state index contributed by atoms with van der Waals surface area (Å²) in [6.07, 6.45) is 9.23. The van der Waals surface area contributed by atoms with Gasteiger partial charge in [-0.1, -0.05) is 118 Å². The van der Waals surface area contributed by atoms with Crippen LogP contribution in [0.3, 0.4) is 0 Å². The molecular formula is C34H32N2. The molecular weight excluding hydrogens is 436 g/mol. The van der Waals surface area contributed by atoms with Crippen molar-refractivity contribution in [2.75, 3.05) is 0 Å². The maximum absolute atomic E-state index is 4.92. The Morgan fingerprint density at radius 3 is 2.28 bits per heavy atom. The molecule has 0 radical (unpaired) electrons. The quantitative estimate of drug-likeness (QED) is 0.295. The molecule has 1 N–H and O–H groups in total. The van der Waals surface area contributed by atoms with Crippen molar-refractivity contribution < 1.29 is 0 Å². The van der Waals surface area contributed by atoms with Gasteiger partial charge in [-0.2, -0.15) is 0 Å². The topological polar surface area (TPSA) is 28.7 Å². The Morgan fingerprint density at radius 1 is 0.861 bits per heavy atom. The van der Waals surface area contributed by atoms with Crippen LogP contribution in [0.2, 0.25) is 0 Å².